The number of halogens is 1. The number of ether oxygens (including phenoxy) is 1. The molecule has 1 fully saturated rings. The van der Waals surface area contributed by atoms with Crippen molar-refractivity contribution in [3.05, 3.63) is 0 Å². The van der Waals surface area contributed by atoms with E-state index in [1.165, 1.54) is 0 Å². The molecule has 1 aliphatic heterocycles. The number of hydrogen-bond donors (Lipinski definition) is 4. The zero-order chi connectivity index (χ0) is 9.30. The minimum atomic E-state index is -1.65. The second-order valence-corrected chi connectivity index (χ2v) is 2.69. The first-order valence-electron chi connectivity index (χ1n) is 3.51. The lowest BCUT2D eigenvalue weighted by Gasteiger charge is -2.37. The van der Waals surface area contributed by atoms with Crippen LogP contribution in [0.4, 0.5) is 4.39 Å². The molecule has 0 radical (unpaired) electrons. The Morgan fingerprint density at radius 1 is 1.00 bits per heavy atom. The number of hydrogen-bond acceptors (Lipinski definition) is 5. The zero-order valence-corrected chi connectivity index (χ0v) is 6.17. The Morgan fingerprint density at radius 2 is 1.58 bits per heavy atom. The minimum absolute atomic E-state index is 1.03. The molecule has 1 heterocycles. The molecule has 0 aromatic carbocycles. The predicted octanol–water partition coefficient (Wildman–Crippen LogP) is -2.24. The summed E-state index contributed by atoms with van der Waals surface area (Å²) in [7, 11) is 0. The van der Waals surface area contributed by atoms with E-state index in [0.29, 0.717) is 0 Å². The Labute approximate surface area is 68.0 Å². The molecule has 0 aromatic heterocycles. The van der Waals surface area contributed by atoms with Crippen LogP contribution < -0.4 is 0 Å². The van der Waals surface area contributed by atoms with Crippen molar-refractivity contribution < 1.29 is 29.6 Å². The highest BCUT2D eigenvalue weighted by atomic mass is 18.2. The van der Waals surface area contributed by atoms with Gasteiger partial charge in [-0.2, -0.15) is 0 Å². The van der Waals surface area contributed by atoms with Crippen molar-refractivity contribution in [3.63, 3.8) is 0 Å². The molecule has 0 aliphatic carbocycles. The van der Waals surface area contributed by atoms with Gasteiger partial charge in [-0.3, -0.25) is 0 Å². The first-order valence-corrected chi connectivity index (χ1v) is 3.51. The van der Waals surface area contributed by atoms with Crippen LogP contribution in [0.15, 0.2) is 0 Å². The van der Waals surface area contributed by atoms with E-state index in [-0.39, 0.29) is 0 Å². The summed E-state index contributed by atoms with van der Waals surface area (Å²) < 4.78 is 16.5. The summed E-state index contributed by atoms with van der Waals surface area (Å²) in [5.74, 6) is 0. The molecule has 1 rings (SSSR count). The third kappa shape index (κ3) is 1.57. The van der Waals surface area contributed by atoms with Gasteiger partial charge in [0.25, 0.3) is 0 Å². The van der Waals surface area contributed by atoms with E-state index in [2.05, 4.69) is 4.74 Å². The van der Waals surface area contributed by atoms with E-state index in [0.717, 1.165) is 0 Å². The predicted molar refractivity (Wildman–Crippen MR) is 34.9 cm³/mol. The maximum atomic E-state index is 12.0. The van der Waals surface area contributed by atoms with Crippen LogP contribution in [0.5, 0.6) is 0 Å². The molecule has 5 nitrogen and oxygen atoms in total. The smallest absolute Gasteiger partial charge is 0.184 e. The first-order chi connectivity index (χ1) is 5.57. The SMILES string of the molecule is OC1O[C@@H](C[18F])[C@@H](O)[C@@H](O)[C@@H]1O. The van der Waals surface area contributed by atoms with Gasteiger partial charge in [0.2, 0.25) is 0 Å². The summed E-state index contributed by atoms with van der Waals surface area (Å²) in [6.45, 7) is -1.03. The Morgan fingerprint density at radius 3 is 2.08 bits per heavy atom. The topological polar surface area (TPSA) is 90.2 Å². The van der Waals surface area contributed by atoms with E-state index in [1.54, 1.807) is 0 Å². The highest BCUT2D eigenvalue weighted by Crippen LogP contribution is 2.19. The molecule has 6 heteroatoms. The number of rotatable bonds is 1. The van der Waals surface area contributed by atoms with Crippen molar-refractivity contribution >= 4 is 0 Å². The van der Waals surface area contributed by atoms with Crippen LogP contribution in [0.1, 0.15) is 0 Å². The van der Waals surface area contributed by atoms with Crippen LogP contribution in [0.25, 0.3) is 0 Å². The molecule has 1 unspecified atom stereocenters. The average molecular weight is 181 g/mol. The molecule has 5 atom stereocenters. The van der Waals surface area contributed by atoms with Crippen LogP contribution in [0.3, 0.4) is 0 Å². The summed E-state index contributed by atoms with van der Waals surface area (Å²) in [5, 5.41) is 35.8. The van der Waals surface area contributed by atoms with Crippen LogP contribution in [0.2, 0.25) is 0 Å². The van der Waals surface area contributed by atoms with E-state index < -0.39 is 37.4 Å². The fourth-order valence-corrected chi connectivity index (χ4v) is 1.06. The molecule has 1 saturated heterocycles. The van der Waals surface area contributed by atoms with Gasteiger partial charge in [-0.05, 0) is 0 Å². The molecule has 0 bridgehead atoms. The monoisotopic (exact) mass is 181 g/mol. The lowest BCUT2D eigenvalue weighted by atomic mass is 10.00. The standard InChI is InChI=1S/C6H11FO5/c7-1-2-3(8)4(9)5(10)6(11)12-2/h2-6,8-11H,1H2/t2-,3+,4+,5-,6?/m0/s1/i7-1. The molecule has 0 spiro atoms. The van der Waals surface area contributed by atoms with Crippen molar-refractivity contribution in [3.8, 4) is 0 Å². The van der Waals surface area contributed by atoms with Gasteiger partial charge in [0.1, 0.15) is 31.1 Å². The van der Waals surface area contributed by atoms with Gasteiger partial charge in [0.15, 0.2) is 6.29 Å². The Bertz CT molecular complexity index is 150. The van der Waals surface area contributed by atoms with E-state index >= 15 is 0 Å². The first kappa shape index (κ1) is 9.82. The molecular weight excluding hydrogens is 170 g/mol. The lowest BCUT2D eigenvalue weighted by molar-refractivity contribution is -0.283. The lowest BCUT2D eigenvalue weighted by Crippen LogP contribution is -2.58. The third-order valence-corrected chi connectivity index (χ3v) is 1.84. The Kier molecular flexibility index (Phi) is 2.97. The van der Waals surface area contributed by atoms with Crippen molar-refractivity contribution in [1.82, 2.24) is 0 Å². The molecular formula is C6H11FO5. The summed E-state index contributed by atoms with van der Waals surface area (Å²) in [4.78, 5) is 0. The molecule has 0 amide bonds. The van der Waals surface area contributed by atoms with Gasteiger partial charge in [-0.1, -0.05) is 0 Å². The minimum Gasteiger partial charge on any atom is -0.387 e. The fraction of sp³-hybridized carbons (Fsp3) is 1.00. The molecule has 72 valence electrons. The molecule has 12 heavy (non-hydrogen) atoms. The van der Waals surface area contributed by atoms with Crippen LogP contribution in [0, 0.1) is 0 Å². The average Bonchev–Trinajstić information content (AvgIpc) is 2.08. The Balaban J connectivity index is 2.63. The van der Waals surface area contributed by atoms with Crippen molar-refractivity contribution in [2.24, 2.45) is 0 Å². The third-order valence-electron chi connectivity index (χ3n) is 1.84. The Hall–Kier alpha value is -0.270. The van der Waals surface area contributed by atoms with Gasteiger partial charge in [-0.15, -0.1) is 0 Å². The highest BCUT2D eigenvalue weighted by molar-refractivity contribution is 4.88. The second-order valence-electron chi connectivity index (χ2n) is 2.69. The number of aliphatic hydroxyl groups is 4. The van der Waals surface area contributed by atoms with Gasteiger partial charge >= 0.3 is 0 Å². The van der Waals surface area contributed by atoms with Crippen molar-refractivity contribution in [2.75, 3.05) is 6.67 Å². The fourth-order valence-electron chi connectivity index (χ4n) is 1.06. The summed E-state index contributed by atoms with van der Waals surface area (Å²) in [6.07, 6.45) is -7.60. The van der Waals surface area contributed by atoms with Crippen LogP contribution in [-0.2, 0) is 4.74 Å². The zero-order valence-electron chi connectivity index (χ0n) is 6.17. The van der Waals surface area contributed by atoms with Gasteiger partial charge in [0.05, 0.1) is 0 Å². The second kappa shape index (κ2) is 3.63. The van der Waals surface area contributed by atoms with Gasteiger partial charge in [-0.25, -0.2) is 4.39 Å². The number of aliphatic hydroxyl groups excluding tert-OH is 4. The number of alkyl halides is 1. The van der Waals surface area contributed by atoms with Crippen LogP contribution in [-0.4, -0.2) is 57.8 Å². The highest BCUT2D eigenvalue weighted by Gasteiger charge is 2.42. The summed E-state index contributed by atoms with van der Waals surface area (Å²) in [6, 6.07) is 0. The molecule has 1 aliphatic rings. The van der Waals surface area contributed by atoms with E-state index in [9.17, 15) is 4.39 Å². The van der Waals surface area contributed by atoms with Gasteiger partial charge in [0, 0.05) is 0 Å². The maximum Gasteiger partial charge on any atom is 0.184 e. The van der Waals surface area contributed by atoms with E-state index in [1.807, 2.05) is 0 Å². The van der Waals surface area contributed by atoms with Crippen molar-refractivity contribution in [2.45, 2.75) is 30.7 Å². The van der Waals surface area contributed by atoms with Crippen molar-refractivity contribution in [1.29, 1.82) is 0 Å². The summed E-state index contributed by atoms with van der Waals surface area (Å²) in [5.41, 5.74) is 0. The maximum absolute atomic E-state index is 12.0. The molecule has 0 saturated carbocycles. The quantitative estimate of drug-likeness (QED) is 0.367. The molecule has 4 N–H and O–H groups in total. The normalized spacial score (nSPS) is 49.2. The van der Waals surface area contributed by atoms with Crippen LogP contribution >= 0.6 is 0 Å². The molecule has 0 aromatic rings. The summed E-state index contributed by atoms with van der Waals surface area (Å²) >= 11 is 0. The largest absolute Gasteiger partial charge is 0.387 e. The van der Waals surface area contributed by atoms with E-state index in [4.69, 9.17) is 20.4 Å². The van der Waals surface area contributed by atoms with Gasteiger partial charge < -0.3 is 25.2 Å².